The average molecular weight is 285 g/mol. The summed E-state index contributed by atoms with van der Waals surface area (Å²) in [6.07, 6.45) is 0.890. The van der Waals surface area contributed by atoms with Crippen molar-refractivity contribution in [2.45, 2.75) is 23.9 Å². The van der Waals surface area contributed by atoms with Gasteiger partial charge in [0.1, 0.15) is 6.42 Å². The fraction of sp³-hybridized carbons (Fsp3) is 0.727. The van der Waals surface area contributed by atoms with Gasteiger partial charge in [-0.1, -0.05) is 0 Å². The van der Waals surface area contributed by atoms with E-state index >= 15 is 0 Å². The van der Waals surface area contributed by atoms with Gasteiger partial charge in [-0.15, -0.1) is 0 Å². The summed E-state index contributed by atoms with van der Waals surface area (Å²) in [5, 5.41) is 23.0. The molecule has 0 saturated carbocycles. The Morgan fingerprint density at radius 2 is 1.90 bits per heavy atom. The van der Waals surface area contributed by atoms with E-state index in [1.54, 1.807) is 14.1 Å². The van der Waals surface area contributed by atoms with Crippen LogP contribution in [0.4, 0.5) is 0 Å². The van der Waals surface area contributed by atoms with E-state index in [0.717, 1.165) is 0 Å². The molecule has 2 rings (SSSR count). The fourth-order valence-corrected chi connectivity index (χ4v) is 3.74. The molecular weight excluding hydrogens is 268 g/mol. The number of primary amides is 1. The van der Waals surface area contributed by atoms with Gasteiger partial charge < -0.3 is 10.2 Å². The number of fused-ring (bicyclic) bond motifs is 2. The van der Waals surface area contributed by atoms with Gasteiger partial charge in [0.2, 0.25) is 5.91 Å². The van der Waals surface area contributed by atoms with Crippen LogP contribution in [0.5, 0.6) is 0 Å². The van der Waals surface area contributed by atoms with Crippen LogP contribution in [0.1, 0.15) is 12.8 Å². The van der Waals surface area contributed by atoms with E-state index in [1.807, 2.05) is 0 Å². The van der Waals surface area contributed by atoms with Crippen LogP contribution >= 0.6 is 0 Å². The predicted molar refractivity (Wildman–Crippen MR) is 67.8 cm³/mol. The molecule has 2 bridgehead atoms. The van der Waals surface area contributed by atoms with Crippen molar-refractivity contribution in [3.8, 4) is 0 Å². The minimum atomic E-state index is -1.60. The summed E-state index contributed by atoms with van der Waals surface area (Å²) >= 11 is 0. The first-order chi connectivity index (χ1) is 9.02. The van der Waals surface area contributed by atoms with Gasteiger partial charge in [0.25, 0.3) is 11.1 Å². The Labute approximate surface area is 114 Å². The summed E-state index contributed by atoms with van der Waals surface area (Å²) in [5.41, 5.74) is 2.08. The molecule has 1 aliphatic heterocycles. The van der Waals surface area contributed by atoms with Crippen molar-refractivity contribution in [3.63, 3.8) is 0 Å². The summed E-state index contributed by atoms with van der Waals surface area (Å²) in [4.78, 5) is 33.4. The van der Waals surface area contributed by atoms with Crippen LogP contribution in [0.15, 0.2) is 11.6 Å². The molecule has 0 aromatic heterocycles. The van der Waals surface area contributed by atoms with Crippen molar-refractivity contribution < 1.29 is 19.1 Å². The molecule has 9 heteroatoms. The number of hydrogen-bond donors (Lipinski definition) is 1. The zero-order valence-electron chi connectivity index (χ0n) is 11.4. The van der Waals surface area contributed by atoms with Crippen molar-refractivity contribution >= 4 is 5.91 Å². The van der Waals surface area contributed by atoms with Crippen LogP contribution in [0.3, 0.4) is 0 Å². The van der Waals surface area contributed by atoms with Gasteiger partial charge in [-0.2, -0.15) is 0 Å². The highest BCUT2D eigenvalue weighted by Crippen LogP contribution is 2.44. The van der Waals surface area contributed by atoms with Crippen molar-refractivity contribution in [2.75, 3.05) is 27.2 Å². The Hall–Kier alpha value is -2.03. The smallest absolute Gasteiger partial charge is 0.295 e. The van der Waals surface area contributed by atoms with E-state index in [9.17, 15) is 25.0 Å². The number of hydrogen-bond acceptors (Lipinski definition) is 5. The molecule has 1 amide bonds. The zero-order chi connectivity index (χ0) is 15.3. The average Bonchev–Trinajstić information content (AvgIpc) is 2.25. The highest BCUT2D eigenvalue weighted by Gasteiger charge is 2.68. The molecule has 0 aromatic rings. The predicted octanol–water partition coefficient (Wildman–Crippen LogP) is -0.687. The van der Waals surface area contributed by atoms with Crippen molar-refractivity contribution in [1.29, 1.82) is 0 Å². The Bertz CT molecular complexity index is 543. The Morgan fingerprint density at radius 3 is 2.35 bits per heavy atom. The van der Waals surface area contributed by atoms with Gasteiger partial charge in [-0.05, 0) is 0 Å². The first-order valence-corrected chi connectivity index (χ1v) is 6.15. The highest BCUT2D eigenvalue weighted by molar-refractivity contribution is 5.92. The molecule has 110 valence electrons. The second-order valence-electron chi connectivity index (χ2n) is 6.48. The summed E-state index contributed by atoms with van der Waals surface area (Å²) in [6, 6.07) is 0. The van der Waals surface area contributed by atoms with Crippen LogP contribution in [-0.4, -0.2) is 58.5 Å². The molecular formula is C11H17N4O5+. The lowest BCUT2D eigenvalue weighted by Crippen LogP contribution is -2.71. The maximum absolute atomic E-state index is 11.5. The number of nitrogens with zero attached hydrogens (tertiary/aromatic N) is 3. The molecule has 0 radical (unpaired) electrons. The molecule has 1 fully saturated rings. The van der Waals surface area contributed by atoms with E-state index < -0.39 is 26.8 Å². The maximum atomic E-state index is 11.5. The molecule has 20 heavy (non-hydrogen) atoms. The largest absolute Gasteiger partial charge is 0.366 e. The molecule has 2 atom stereocenters. The minimum absolute atomic E-state index is 0.00986. The lowest BCUT2D eigenvalue weighted by atomic mass is 9.68. The summed E-state index contributed by atoms with van der Waals surface area (Å²) < 4.78 is 0.157. The first kappa shape index (κ1) is 14.4. The molecule has 2 N–H and O–H groups in total. The number of carbonyl (C=O) groups excluding carboxylic acids is 1. The minimum Gasteiger partial charge on any atom is -0.366 e. The van der Waals surface area contributed by atoms with Crippen molar-refractivity contribution in [1.82, 2.24) is 0 Å². The number of likely N-dealkylation sites (tertiary alicyclic amines) is 1. The SMILES string of the molecule is C[N+]1(C)C[C@]2([N+](=O)[O-])C=C(C(N)=O)C[C@]([N+](=O)[O-])(C2)C1. The lowest BCUT2D eigenvalue weighted by molar-refractivity contribution is -0.933. The molecule has 1 heterocycles. The number of rotatable bonds is 3. The van der Waals surface area contributed by atoms with Gasteiger partial charge in [-0.25, -0.2) is 0 Å². The Kier molecular flexibility index (Phi) is 2.86. The highest BCUT2D eigenvalue weighted by atomic mass is 16.6. The monoisotopic (exact) mass is 285 g/mol. The molecule has 0 aromatic carbocycles. The first-order valence-electron chi connectivity index (χ1n) is 6.15. The number of carbonyl (C=O) groups is 1. The molecule has 0 spiro atoms. The standard InChI is InChI=1S/C11H16N4O5/c1-15(2)6-10(13(17)18)3-8(9(12)16)4-11(5-10,7-15)14(19)20/h3H,4-7H2,1-2H3,(H-,12,16)/p+1/t10-,11-/m0/s1. The van der Waals surface area contributed by atoms with Crippen molar-refractivity contribution in [2.24, 2.45) is 5.73 Å². The van der Waals surface area contributed by atoms with E-state index in [0.29, 0.717) is 0 Å². The molecule has 2 aliphatic rings. The molecule has 1 aliphatic carbocycles. The fourth-order valence-electron chi connectivity index (χ4n) is 3.74. The number of piperidine rings is 1. The second-order valence-corrected chi connectivity index (χ2v) is 6.48. The molecule has 0 unspecified atom stereocenters. The summed E-state index contributed by atoms with van der Waals surface area (Å²) in [5.74, 6) is -0.825. The van der Waals surface area contributed by atoms with Crippen LogP contribution in [0.25, 0.3) is 0 Å². The quantitative estimate of drug-likeness (QED) is 0.417. The van der Waals surface area contributed by atoms with Crippen LogP contribution < -0.4 is 5.73 Å². The lowest BCUT2D eigenvalue weighted by Gasteiger charge is -2.47. The number of quaternary nitrogens is 1. The van der Waals surface area contributed by atoms with Gasteiger partial charge in [0.05, 0.1) is 20.5 Å². The van der Waals surface area contributed by atoms with Crippen LogP contribution in [0, 0.1) is 20.2 Å². The van der Waals surface area contributed by atoms with E-state index in [2.05, 4.69) is 0 Å². The topological polar surface area (TPSA) is 129 Å². The third kappa shape index (κ3) is 2.03. The summed E-state index contributed by atoms with van der Waals surface area (Å²) in [7, 11) is 3.44. The number of nitrogens with two attached hydrogens (primary N) is 1. The maximum Gasteiger partial charge on any atom is 0.295 e. The third-order valence-electron chi connectivity index (χ3n) is 4.09. The van der Waals surface area contributed by atoms with Crippen molar-refractivity contribution in [3.05, 3.63) is 31.9 Å². The normalized spacial score (nSPS) is 35.0. The Morgan fingerprint density at radius 1 is 1.30 bits per heavy atom. The van der Waals surface area contributed by atoms with Gasteiger partial charge in [-0.3, -0.25) is 25.0 Å². The van der Waals surface area contributed by atoms with Gasteiger partial charge in [0.15, 0.2) is 13.1 Å². The Balaban J connectivity index is 2.64. The zero-order valence-corrected chi connectivity index (χ0v) is 11.4. The number of amides is 1. The van der Waals surface area contributed by atoms with Gasteiger partial charge >= 0.3 is 0 Å². The van der Waals surface area contributed by atoms with E-state index in [1.165, 1.54) is 6.08 Å². The third-order valence-corrected chi connectivity index (χ3v) is 4.09. The van der Waals surface area contributed by atoms with Crippen LogP contribution in [-0.2, 0) is 4.79 Å². The molecule has 1 saturated heterocycles. The van der Waals surface area contributed by atoms with Crippen LogP contribution in [0.2, 0.25) is 0 Å². The second kappa shape index (κ2) is 3.98. The van der Waals surface area contributed by atoms with E-state index in [-0.39, 0.29) is 36.0 Å². The number of nitro groups is 2. The summed E-state index contributed by atoms with van der Waals surface area (Å²) in [6.45, 7) is 0.243. The molecule has 9 nitrogen and oxygen atoms in total. The van der Waals surface area contributed by atoms with E-state index in [4.69, 9.17) is 5.73 Å². The van der Waals surface area contributed by atoms with Gasteiger partial charge in [0, 0.05) is 21.5 Å². The number of likely N-dealkylation sites (N-methyl/N-ethyl adjacent to an activating group) is 1.